The minimum atomic E-state index is -0.534. The van der Waals surface area contributed by atoms with Gasteiger partial charge in [0.1, 0.15) is 29.8 Å². The van der Waals surface area contributed by atoms with Crippen LogP contribution >= 0.6 is 11.6 Å². The largest absolute Gasteiger partial charge is 0.489 e. The van der Waals surface area contributed by atoms with Gasteiger partial charge in [0.2, 0.25) is 5.88 Å². The Hall–Kier alpha value is -3.23. The Balaban J connectivity index is 1.67. The molecule has 0 unspecified atom stereocenters. The third-order valence-electron chi connectivity index (χ3n) is 5.58. The first kappa shape index (κ1) is 21.0. The van der Waals surface area contributed by atoms with Gasteiger partial charge in [-0.2, -0.15) is 5.26 Å². The highest BCUT2D eigenvalue weighted by atomic mass is 35.5. The van der Waals surface area contributed by atoms with Gasteiger partial charge in [-0.25, -0.2) is 0 Å². The number of ketones is 1. The topological polar surface area (TPSA) is 85.3 Å². The molecule has 5 nitrogen and oxygen atoms in total. The van der Waals surface area contributed by atoms with Crippen molar-refractivity contribution in [2.45, 2.75) is 39.2 Å². The zero-order chi connectivity index (χ0) is 22.2. The molecule has 31 heavy (non-hydrogen) atoms. The molecule has 6 heteroatoms. The highest BCUT2D eigenvalue weighted by molar-refractivity contribution is 6.30. The molecule has 2 aromatic carbocycles. The van der Waals surface area contributed by atoms with Gasteiger partial charge >= 0.3 is 0 Å². The SMILES string of the molecule is CC1(C)CC(=O)C2=C(C1)OC(N)=C(C#N)[C@@H]2c1cccc(COc2ccc(Cl)cc2)c1. The third kappa shape index (κ3) is 4.30. The molecule has 0 spiro atoms. The Bertz CT molecular complexity index is 1140. The molecule has 1 heterocycles. The van der Waals surface area contributed by atoms with Gasteiger partial charge in [0.15, 0.2) is 5.78 Å². The summed E-state index contributed by atoms with van der Waals surface area (Å²) in [4.78, 5) is 13.1. The minimum Gasteiger partial charge on any atom is -0.489 e. The molecule has 0 saturated carbocycles. The number of ether oxygens (including phenoxy) is 2. The van der Waals surface area contributed by atoms with E-state index in [9.17, 15) is 10.1 Å². The Kier molecular flexibility index (Phi) is 5.51. The van der Waals surface area contributed by atoms with E-state index in [0.29, 0.717) is 41.6 Å². The van der Waals surface area contributed by atoms with Crippen LogP contribution in [0.4, 0.5) is 0 Å². The summed E-state index contributed by atoms with van der Waals surface area (Å²) < 4.78 is 11.6. The smallest absolute Gasteiger partial charge is 0.205 e. The van der Waals surface area contributed by atoms with Crippen LogP contribution in [0.25, 0.3) is 0 Å². The molecule has 2 aromatic rings. The second-order valence-electron chi connectivity index (χ2n) is 8.69. The predicted molar refractivity (Wildman–Crippen MR) is 118 cm³/mol. The maximum atomic E-state index is 13.1. The summed E-state index contributed by atoms with van der Waals surface area (Å²) in [5, 5.41) is 10.4. The van der Waals surface area contributed by atoms with E-state index >= 15 is 0 Å². The minimum absolute atomic E-state index is 0.000632. The number of hydrogen-bond acceptors (Lipinski definition) is 5. The van der Waals surface area contributed by atoms with Gasteiger partial charge in [0.05, 0.1) is 5.92 Å². The summed E-state index contributed by atoms with van der Waals surface area (Å²) in [6.45, 7) is 4.40. The van der Waals surface area contributed by atoms with E-state index in [0.717, 1.165) is 11.1 Å². The number of carbonyl (C=O) groups excluding carboxylic acids is 1. The lowest BCUT2D eigenvalue weighted by Gasteiger charge is -2.37. The highest BCUT2D eigenvalue weighted by Gasteiger charge is 2.42. The van der Waals surface area contributed by atoms with Crippen LogP contribution in [0.3, 0.4) is 0 Å². The first-order chi connectivity index (χ1) is 14.8. The van der Waals surface area contributed by atoms with E-state index in [4.69, 9.17) is 26.8 Å². The van der Waals surface area contributed by atoms with Crippen LogP contribution in [0.1, 0.15) is 43.7 Å². The number of rotatable bonds is 4. The van der Waals surface area contributed by atoms with Crippen molar-refractivity contribution in [3.8, 4) is 11.8 Å². The van der Waals surface area contributed by atoms with Crippen molar-refractivity contribution in [1.82, 2.24) is 0 Å². The Morgan fingerprint density at radius 2 is 1.97 bits per heavy atom. The molecule has 0 radical (unpaired) electrons. The van der Waals surface area contributed by atoms with E-state index in [-0.39, 0.29) is 22.7 Å². The number of Topliss-reactive ketones (excluding diaryl/α,β-unsaturated/α-hetero) is 1. The standard InChI is InChI=1S/C25H23ClN2O3/c1-25(2)11-20(29)23-21(12-25)31-24(28)19(13-27)22(23)16-5-3-4-15(10-16)14-30-18-8-6-17(26)7-9-18/h3-10,22H,11-12,14,28H2,1-2H3/t22-/m0/s1. The molecule has 2 N–H and O–H groups in total. The number of allylic oxidation sites excluding steroid dienone is 3. The van der Waals surface area contributed by atoms with E-state index in [1.807, 2.05) is 38.1 Å². The third-order valence-corrected chi connectivity index (χ3v) is 5.83. The van der Waals surface area contributed by atoms with Crippen molar-refractivity contribution >= 4 is 17.4 Å². The summed E-state index contributed by atoms with van der Waals surface area (Å²) >= 11 is 5.92. The molecule has 1 aliphatic carbocycles. The zero-order valence-electron chi connectivity index (χ0n) is 17.4. The van der Waals surface area contributed by atoms with Gasteiger partial charge in [0, 0.05) is 23.4 Å². The summed E-state index contributed by atoms with van der Waals surface area (Å²) in [6.07, 6.45) is 1.01. The van der Waals surface area contributed by atoms with Crippen LogP contribution in [0.5, 0.6) is 5.75 Å². The average Bonchev–Trinajstić information content (AvgIpc) is 2.71. The van der Waals surface area contributed by atoms with Crippen LogP contribution in [-0.2, 0) is 16.1 Å². The van der Waals surface area contributed by atoms with Crippen LogP contribution in [0, 0.1) is 16.7 Å². The number of carbonyl (C=O) groups is 1. The van der Waals surface area contributed by atoms with Gasteiger partial charge in [-0.05, 0) is 40.8 Å². The van der Waals surface area contributed by atoms with Crippen molar-refractivity contribution in [2.75, 3.05) is 0 Å². The normalized spacial score (nSPS) is 20.1. The maximum Gasteiger partial charge on any atom is 0.205 e. The second kappa shape index (κ2) is 8.13. The van der Waals surface area contributed by atoms with Crippen LogP contribution in [0.15, 0.2) is 71.3 Å². The first-order valence-electron chi connectivity index (χ1n) is 10.1. The van der Waals surface area contributed by atoms with Crippen LogP contribution in [0.2, 0.25) is 5.02 Å². The molecule has 4 rings (SSSR count). The number of benzene rings is 2. The summed E-state index contributed by atoms with van der Waals surface area (Å²) in [5.41, 5.74) is 8.43. The Labute approximate surface area is 186 Å². The molecular weight excluding hydrogens is 412 g/mol. The molecule has 0 saturated heterocycles. The number of nitrogens with two attached hydrogens (primary N) is 1. The number of nitriles is 1. The molecule has 1 atom stereocenters. The Morgan fingerprint density at radius 1 is 1.23 bits per heavy atom. The van der Waals surface area contributed by atoms with Crippen LogP contribution in [-0.4, -0.2) is 5.78 Å². The fraction of sp³-hybridized carbons (Fsp3) is 0.280. The monoisotopic (exact) mass is 434 g/mol. The fourth-order valence-electron chi connectivity index (χ4n) is 4.18. The molecule has 2 aliphatic rings. The van der Waals surface area contributed by atoms with Gasteiger partial charge in [0.25, 0.3) is 0 Å². The van der Waals surface area contributed by atoms with Crippen molar-refractivity contribution in [3.05, 3.63) is 87.5 Å². The van der Waals surface area contributed by atoms with E-state index < -0.39 is 5.92 Å². The lowest BCUT2D eigenvalue weighted by Crippen LogP contribution is -2.33. The first-order valence-corrected chi connectivity index (χ1v) is 10.5. The van der Waals surface area contributed by atoms with E-state index in [1.54, 1.807) is 24.3 Å². The van der Waals surface area contributed by atoms with Crippen molar-refractivity contribution in [1.29, 1.82) is 5.26 Å². The maximum absolute atomic E-state index is 13.1. The summed E-state index contributed by atoms with van der Waals surface area (Å²) in [7, 11) is 0. The Morgan fingerprint density at radius 3 is 2.68 bits per heavy atom. The second-order valence-corrected chi connectivity index (χ2v) is 9.13. The fourth-order valence-corrected chi connectivity index (χ4v) is 4.30. The molecule has 1 aliphatic heterocycles. The molecular formula is C25H23ClN2O3. The quantitative estimate of drug-likeness (QED) is 0.699. The van der Waals surface area contributed by atoms with Crippen molar-refractivity contribution < 1.29 is 14.3 Å². The molecule has 0 fully saturated rings. The van der Waals surface area contributed by atoms with Gasteiger partial charge < -0.3 is 15.2 Å². The number of nitrogens with zero attached hydrogens (tertiary/aromatic N) is 1. The van der Waals surface area contributed by atoms with Crippen molar-refractivity contribution in [2.24, 2.45) is 11.1 Å². The van der Waals surface area contributed by atoms with Gasteiger partial charge in [-0.15, -0.1) is 0 Å². The van der Waals surface area contributed by atoms with E-state index in [1.165, 1.54) is 0 Å². The molecule has 0 aromatic heterocycles. The van der Waals surface area contributed by atoms with Gasteiger partial charge in [-0.3, -0.25) is 4.79 Å². The van der Waals surface area contributed by atoms with E-state index in [2.05, 4.69) is 6.07 Å². The molecule has 158 valence electrons. The lowest BCUT2D eigenvalue weighted by atomic mass is 9.70. The summed E-state index contributed by atoms with van der Waals surface area (Å²) in [5.74, 6) is 0.815. The zero-order valence-corrected chi connectivity index (χ0v) is 18.2. The molecule has 0 bridgehead atoms. The predicted octanol–water partition coefficient (Wildman–Crippen LogP) is 5.37. The van der Waals surface area contributed by atoms with Crippen molar-refractivity contribution in [3.63, 3.8) is 0 Å². The highest BCUT2D eigenvalue weighted by Crippen LogP contribution is 2.47. The lowest BCUT2D eigenvalue weighted by molar-refractivity contribution is -0.119. The summed E-state index contributed by atoms with van der Waals surface area (Å²) in [6, 6.07) is 17.0. The number of halogens is 1. The van der Waals surface area contributed by atoms with Crippen LogP contribution < -0.4 is 10.5 Å². The number of hydrogen-bond donors (Lipinski definition) is 1. The average molecular weight is 435 g/mol. The molecule has 0 amide bonds. The van der Waals surface area contributed by atoms with Gasteiger partial charge in [-0.1, -0.05) is 49.7 Å².